The average Bonchev–Trinajstić information content (AvgIpc) is 2.08. The third-order valence-electron chi connectivity index (χ3n) is 1.77. The number of aromatic nitrogens is 3. The number of anilines is 2. The van der Waals surface area contributed by atoms with Crippen molar-refractivity contribution in [3.8, 4) is 0 Å². The Bertz CT molecular complexity index is 564. The van der Waals surface area contributed by atoms with Crippen LogP contribution in [-0.4, -0.2) is 10.1 Å². The fourth-order valence-electron chi connectivity index (χ4n) is 1.14. The molecule has 0 bridgehead atoms. The van der Waals surface area contributed by atoms with Gasteiger partial charge in [-0.1, -0.05) is 5.10 Å². The van der Waals surface area contributed by atoms with Crippen LogP contribution in [0, 0.1) is 4.91 Å². The van der Waals surface area contributed by atoms with Crippen LogP contribution in [0.2, 0.25) is 0 Å². The maximum atomic E-state index is 11.3. The second-order valence-corrected chi connectivity index (χ2v) is 3.62. The molecule has 5 N–H and O–H groups in total. The number of halogens is 1. The van der Waals surface area contributed by atoms with Crippen LogP contribution in [0.4, 0.5) is 11.6 Å². The highest BCUT2D eigenvalue weighted by molar-refractivity contribution is 9.10. The van der Waals surface area contributed by atoms with Crippen molar-refractivity contribution in [2.45, 2.75) is 0 Å². The van der Waals surface area contributed by atoms with E-state index in [0.29, 0.717) is 25.7 Å². The van der Waals surface area contributed by atoms with Crippen LogP contribution in [0.15, 0.2) is 16.6 Å². The fourth-order valence-corrected chi connectivity index (χ4v) is 1.47. The first-order chi connectivity index (χ1) is 6.58. The zero-order valence-electron chi connectivity index (χ0n) is 6.99. The summed E-state index contributed by atoms with van der Waals surface area (Å²) in [6.07, 6.45) is 0. The summed E-state index contributed by atoms with van der Waals surface area (Å²) in [4.78, 5) is 15.3. The summed E-state index contributed by atoms with van der Waals surface area (Å²) in [5, 5.41) is 2.33. The van der Waals surface area contributed by atoms with Gasteiger partial charge in [-0.2, -0.15) is 0 Å². The number of benzene rings is 1. The van der Waals surface area contributed by atoms with Gasteiger partial charge in [0.15, 0.2) is 4.54 Å². The third kappa shape index (κ3) is 1.31. The van der Waals surface area contributed by atoms with Gasteiger partial charge in [0, 0.05) is 16.2 Å². The number of fused-ring (bicyclic) bond motifs is 1. The van der Waals surface area contributed by atoms with Crippen LogP contribution in [0.3, 0.4) is 0 Å². The predicted octanol–water partition coefficient (Wildman–Crippen LogP) is 0.404. The highest BCUT2D eigenvalue weighted by Gasteiger charge is 2.12. The summed E-state index contributed by atoms with van der Waals surface area (Å²) in [7, 11) is 0. The molecular weight excluding hydrogens is 250 g/mol. The molecule has 0 aliphatic rings. The molecule has 1 aromatic heterocycles. The van der Waals surface area contributed by atoms with Crippen molar-refractivity contribution in [3.63, 3.8) is 0 Å². The van der Waals surface area contributed by atoms with E-state index in [4.69, 9.17) is 11.5 Å². The fraction of sp³-hybridized carbons (Fsp3) is 0. The second-order valence-electron chi connectivity index (χ2n) is 2.77. The minimum Gasteiger partial charge on any atom is -0.398 e. The van der Waals surface area contributed by atoms with Gasteiger partial charge in [-0.15, -0.1) is 0 Å². The number of hydrogen-bond donors (Lipinski definition) is 3. The molecule has 0 atom stereocenters. The molecule has 0 amide bonds. The zero-order valence-corrected chi connectivity index (χ0v) is 8.58. The minimum absolute atomic E-state index is 0.0502. The molecule has 0 saturated heterocycles. The highest BCUT2D eigenvalue weighted by Crippen LogP contribution is 2.22. The lowest BCUT2D eigenvalue weighted by Gasteiger charge is -1.96. The molecule has 0 saturated carbocycles. The number of aromatic amines is 1. The van der Waals surface area contributed by atoms with E-state index in [0.717, 1.165) is 0 Å². The van der Waals surface area contributed by atoms with Crippen LogP contribution in [0.5, 0.6) is 0 Å². The van der Waals surface area contributed by atoms with E-state index in [9.17, 15) is 4.91 Å². The Labute approximate surface area is 86.6 Å². The highest BCUT2D eigenvalue weighted by atomic mass is 79.9. The molecule has 0 aliphatic heterocycles. The van der Waals surface area contributed by atoms with Gasteiger partial charge in [-0.05, 0) is 22.0 Å². The van der Waals surface area contributed by atoms with Gasteiger partial charge in [0.2, 0.25) is 0 Å². The molecule has 7 heteroatoms. The maximum absolute atomic E-state index is 11.3. The zero-order chi connectivity index (χ0) is 10.3. The molecule has 1 aromatic carbocycles. The molecule has 0 fully saturated rings. The molecule has 0 unspecified atom stereocenters. The van der Waals surface area contributed by atoms with E-state index < -0.39 is 0 Å². The first-order valence-corrected chi connectivity index (χ1v) is 4.54. The Morgan fingerprint density at radius 2 is 2.14 bits per heavy atom. The van der Waals surface area contributed by atoms with Crippen molar-refractivity contribution in [1.29, 1.82) is 0 Å². The second kappa shape index (κ2) is 2.95. The lowest BCUT2D eigenvalue weighted by atomic mass is 10.3. The van der Waals surface area contributed by atoms with Crippen LogP contribution < -0.4 is 16.0 Å². The van der Waals surface area contributed by atoms with E-state index in [2.05, 4.69) is 26.0 Å². The first-order valence-electron chi connectivity index (χ1n) is 3.75. The summed E-state index contributed by atoms with van der Waals surface area (Å²) in [6.45, 7) is 0. The first kappa shape index (κ1) is 8.95. The molecule has 14 heavy (non-hydrogen) atoms. The lowest BCUT2D eigenvalue weighted by Crippen LogP contribution is -2.23. The summed E-state index contributed by atoms with van der Waals surface area (Å²) >= 11 is 3.22. The molecule has 1 heterocycles. The van der Waals surface area contributed by atoms with E-state index in [1.165, 1.54) is 0 Å². The monoisotopic (exact) mass is 256 g/mol. The van der Waals surface area contributed by atoms with Crippen molar-refractivity contribution in [2.24, 2.45) is 0 Å². The molecule has 6 nitrogen and oxygen atoms in total. The summed E-state index contributed by atoms with van der Waals surface area (Å²) < 4.78 is 1.19. The van der Waals surface area contributed by atoms with Gasteiger partial charge in [-0.3, -0.25) is 0 Å². The van der Waals surface area contributed by atoms with Gasteiger partial charge < -0.3 is 11.5 Å². The van der Waals surface area contributed by atoms with Crippen molar-refractivity contribution in [3.05, 3.63) is 21.5 Å². The molecule has 0 aliphatic carbocycles. The summed E-state index contributed by atoms with van der Waals surface area (Å²) in [5.74, 6) is 0.0502. The Morgan fingerprint density at radius 1 is 1.43 bits per heavy atom. The maximum Gasteiger partial charge on any atom is 0.319 e. The van der Waals surface area contributed by atoms with E-state index >= 15 is 0 Å². The van der Waals surface area contributed by atoms with Crippen LogP contribution in [0.1, 0.15) is 0 Å². The number of hydrogen-bond acceptors (Lipinski definition) is 4. The Kier molecular flexibility index (Phi) is 1.88. The standard InChI is InChI=1S/C7H7BrN5O/c8-3-1-6-5(2-4(3)9)11-7(10)12-13(6)14/h1-2H,9H2,(H3,10,11,12,14)/q+1. The largest absolute Gasteiger partial charge is 0.398 e. The smallest absolute Gasteiger partial charge is 0.319 e. The predicted molar refractivity (Wildman–Crippen MR) is 56.0 cm³/mol. The average molecular weight is 257 g/mol. The molecule has 0 radical (unpaired) electrons. The summed E-state index contributed by atoms with van der Waals surface area (Å²) in [5.41, 5.74) is 12.4. The number of rotatable bonds is 0. The molecule has 72 valence electrons. The van der Waals surface area contributed by atoms with E-state index in [1.54, 1.807) is 12.1 Å². The SMILES string of the molecule is Nc1nc2cc(N)c(Br)cc2[n+](=O)[nH]1. The van der Waals surface area contributed by atoms with Crippen molar-refractivity contribution in [1.82, 2.24) is 10.1 Å². The summed E-state index contributed by atoms with van der Waals surface area (Å²) in [6, 6.07) is 3.17. The third-order valence-corrected chi connectivity index (χ3v) is 2.46. The van der Waals surface area contributed by atoms with Gasteiger partial charge in [0.25, 0.3) is 5.95 Å². The van der Waals surface area contributed by atoms with Crippen molar-refractivity contribution >= 4 is 38.6 Å². The van der Waals surface area contributed by atoms with Crippen LogP contribution in [0.25, 0.3) is 11.0 Å². The molecular formula is C7H7BrN5O+. The number of H-pyrrole nitrogens is 1. The van der Waals surface area contributed by atoms with Crippen LogP contribution in [-0.2, 0) is 0 Å². The number of nitrogen functional groups attached to an aromatic ring is 2. The Hall–Kier alpha value is -1.63. The van der Waals surface area contributed by atoms with Gasteiger partial charge >= 0.3 is 5.52 Å². The number of nitrogens with two attached hydrogens (primary N) is 2. The number of nitrogens with one attached hydrogen (secondary N) is 1. The van der Waals surface area contributed by atoms with Crippen molar-refractivity contribution in [2.75, 3.05) is 11.5 Å². The van der Waals surface area contributed by atoms with Crippen molar-refractivity contribution < 1.29 is 4.54 Å². The Balaban J connectivity index is 2.96. The van der Waals surface area contributed by atoms with Crippen LogP contribution >= 0.6 is 15.9 Å². The molecule has 2 aromatic rings. The van der Waals surface area contributed by atoms with Gasteiger partial charge in [0.1, 0.15) is 5.52 Å². The topological polar surface area (TPSA) is 104 Å². The van der Waals surface area contributed by atoms with Gasteiger partial charge in [-0.25, -0.2) is 4.98 Å². The normalized spacial score (nSPS) is 10.6. The minimum atomic E-state index is 0.0502. The van der Waals surface area contributed by atoms with Gasteiger partial charge in [0.05, 0.1) is 4.91 Å². The quantitative estimate of drug-likeness (QED) is 0.469. The van der Waals surface area contributed by atoms with E-state index in [-0.39, 0.29) is 5.95 Å². The van der Waals surface area contributed by atoms with E-state index in [1.807, 2.05) is 0 Å². The Morgan fingerprint density at radius 3 is 2.86 bits per heavy atom. The molecule has 0 spiro atoms. The number of nitrogens with zero attached hydrogens (tertiary/aromatic N) is 2. The lowest BCUT2D eigenvalue weighted by molar-refractivity contribution is -0.535. The molecule has 2 rings (SSSR count).